The topological polar surface area (TPSA) is 76.2 Å². The second kappa shape index (κ2) is 5.14. The smallest absolute Gasteiger partial charge is 0.303 e. The summed E-state index contributed by atoms with van der Waals surface area (Å²) in [7, 11) is 0. The van der Waals surface area contributed by atoms with Crippen molar-refractivity contribution in [1.82, 2.24) is 10.2 Å². The lowest BCUT2D eigenvalue weighted by Crippen LogP contribution is -1.97. The van der Waals surface area contributed by atoms with Crippen molar-refractivity contribution in [3.63, 3.8) is 0 Å². The van der Waals surface area contributed by atoms with Gasteiger partial charge in [-0.05, 0) is 12.1 Å². The maximum atomic E-state index is 13.6. The number of carboxylic acids is 1. The first-order valence-electron chi connectivity index (χ1n) is 5.06. The molecule has 0 amide bonds. The number of carboxylic acid groups (broad SMARTS) is 1. The monoisotopic (exact) mass is 270 g/mol. The molecule has 0 saturated heterocycles. The number of aromatic nitrogens is 2. The van der Waals surface area contributed by atoms with Crippen molar-refractivity contribution in [1.29, 1.82) is 0 Å². The van der Waals surface area contributed by atoms with Gasteiger partial charge in [0, 0.05) is 6.42 Å². The number of hydrogen-bond acceptors (Lipinski definition) is 4. The van der Waals surface area contributed by atoms with Gasteiger partial charge in [0.2, 0.25) is 5.89 Å². The summed E-state index contributed by atoms with van der Waals surface area (Å²) in [6.45, 7) is 0. The Hall–Kier alpha value is -1.95. The Morgan fingerprint density at radius 3 is 2.89 bits per heavy atom. The molecule has 0 aliphatic carbocycles. The molecule has 0 radical (unpaired) electrons. The van der Waals surface area contributed by atoms with Gasteiger partial charge >= 0.3 is 5.97 Å². The Morgan fingerprint density at radius 2 is 2.22 bits per heavy atom. The molecule has 2 aromatic rings. The number of benzene rings is 1. The maximum absolute atomic E-state index is 13.6. The predicted octanol–water partition coefficient (Wildman–Crippen LogP) is 2.55. The zero-order valence-electron chi connectivity index (χ0n) is 9.06. The van der Waals surface area contributed by atoms with Gasteiger partial charge in [-0.15, -0.1) is 10.2 Å². The number of halogens is 2. The molecule has 1 aromatic heterocycles. The highest BCUT2D eigenvalue weighted by molar-refractivity contribution is 6.33. The minimum atomic E-state index is -0.973. The summed E-state index contributed by atoms with van der Waals surface area (Å²) in [6, 6.07) is 4.19. The summed E-state index contributed by atoms with van der Waals surface area (Å²) in [4.78, 5) is 10.4. The maximum Gasteiger partial charge on any atom is 0.303 e. The van der Waals surface area contributed by atoms with Gasteiger partial charge in [0.05, 0.1) is 17.0 Å². The third-order valence-corrected chi connectivity index (χ3v) is 2.51. The molecule has 0 aliphatic heterocycles. The molecular formula is C11H8ClFN2O3. The Labute approximate surface area is 106 Å². The number of carbonyl (C=O) groups is 1. The van der Waals surface area contributed by atoms with E-state index in [1.165, 1.54) is 18.2 Å². The molecule has 0 spiro atoms. The molecule has 7 heteroatoms. The normalized spacial score (nSPS) is 10.6. The van der Waals surface area contributed by atoms with Crippen LogP contribution in [0.1, 0.15) is 12.3 Å². The van der Waals surface area contributed by atoms with Crippen LogP contribution in [0.5, 0.6) is 0 Å². The number of aryl methyl sites for hydroxylation is 1. The number of rotatable bonds is 4. The lowest BCUT2D eigenvalue weighted by molar-refractivity contribution is -0.137. The van der Waals surface area contributed by atoms with Crippen LogP contribution in [0, 0.1) is 5.82 Å². The molecule has 94 valence electrons. The molecule has 1 heterocycles. The van der Waals surface area contributed by atoms with Gasteiger partial charge in [-0.25, -0.2) is 4.39 Å². The van der Waals surface area contributed by atoms with Crippen molar-refractivity contribution < 1.29 is 18.7 Å². The summed E-state index contributed by atoms with van der Waals surface area (Å²) in [6.07, 6.45) is -0.0406. The predicted molar refractivity (Wildman–Crippen MR) is 60.7 cm³/mol. The molecule has 18 heavy (non-hydrogen) atoms. The Kier molecular flexibility index (Phi) is 3.57. The third-order valence-electron chi connectivity index (χ3n) is 2.20. The molecule has 2 rings (SSSR count). The van der Waals surface area contributed by atoms with E-state index in [2.05, 4.69) is 10.2 Å². The molecule has 0 bridgehead atoms. The van der Waals surface area contributed by atoms with E-state index in [4.69, 9.17) is 21.1 Å². The standard InChI is InChI=1S/C11H8ClFN2O3/c12-6-2-1-3-7(13)10(6)11-15-14-8(18-11)4-5-9(16)17/h1-3H,4-5H2,(H,16,17). The van der Waals surface area contributed by atoms with Crippen LogP contribution in [0.3, 0.4) is 0 Å². The highest BCUT2D eigenvalue weighted by Gasteiger charge is 2.16. The minimum Gasteiger partial charge on any atom is -0.481 e. The first-order valence-corrected chi connectivity index (χ1v) is 5.44. The average molecular weight is 271 g/mol. The summed E-state index contributed by atoms with van der Waals surface area (Å²) in [5.74, 6) is -1.47. The summed E-state index contributed by atoms with van der Waals surface area (Å²) in [5, 5.41) is 16.0. The van der Waals surface area contributed by atoms with Crippen LogP contribution in [0.4, 0.5) is 4.39 Å². The van der Waals surface area contributed by atoms with E-state index >= 15 is 0 Å². The van der Waals surface area contributed by atoms with Gasteiger partial charge < -0.3 is 9.52 Å². The SMILES string of the molecule is O=C(O)CCc1nnc(-c2c(F)cccc2Cl)o1. The Morgan fingerprint density at radius 1 is 1.44 bits per heavy atom. The molecule has 0 atom stereocenters. The van der Waals surface area contributed by atoms with Crippen molar-refractivity contribution in [3.05, 3.63) is 34.9 Å². The van der Waals surface area contributed by atoms with Crippen molar-refractivity contribution in [2.45, 2.75) is 12.8 Å². The quantitative estimate of drug-likeness (QED) is 0.924. The molecule has 1 aromatic carbocycles. The molecular weight excluding hydrogens is 263 g/mol. The average Bonchev–Trinajstić information content (AvgIpc) is 2.75. The van der Waals surface area contributed by atoms with Gasteiger partial charge in [-0.1, -0.05) is 17.7 Å². The number of hydrogen-bond donors (Lipinski definition) is 1. The zero-order chi connectivity index (χ0) is 13.1. The number of aliphatic carboxylic acids is 1. The van der Waals surface area contributed by atoms with E-state index in [9.17, 15) is 9.18 Å². The van der Waals surface area contributed by atoms with Crippen molar-refractivity contribution in [3.8, 4) is 11.5 Å². The first kappa shape index (κ1) is 12.5. The van der Waals surface area contributed by atoms with Crippen LogP contribution in [-0.4, -0.2) is 21.3 Å². The fourth-order valence-electron chi connectivity index (χ4n) is 1.37. The van der Waals surface area contributed by atoms with E-state index in [0.717, 1.165) is 0 Å². The zero-order valence-corrected chi connectivity index (χ0v) is 9.82. The molecule has 1 N–H and O–H groups in total. The number of nitrogens with zero attached hydrogens (tertiary/aromatic N) is 2. The minimum absolute atomic E-state index is 0.0215. The van der Waals surface area contributed by atoms with E-state index in [0.29, 0.717) is 0 Å². The molecule has 0 aliphatic rings. The Bertz CT molecular complexity index is 565. The highest BCUT2D eigenvalue weighted by atomic mass is 35.5. The highest BCUT2D eigenvalue weighted by Crippen LogP contribution is 2.29. The summed E-state index contributed by atoms with van der Waals surface area (Å²) < 4.78 is 18.7. The second-order valence-corrected chi connectivity index (χ2v) is 3.90. The van der Waals surface area contributed by atoms with Crippen LogP contribution in [-0.2, 0) is 11.2 Å². The third kappa shape index (κ3) is 2.65. The van der Waals surface area contributed by atoms with Crippen LogP contribution >= 0.6 is 11.6 Å². The second-order valence-electron chi connectivity index (χ2n) is 3.49. The first-order chi connectivity index (χ1) is 8.58. The van der Waals surface area contributed by atoms with Gasteiger partial charge in [0.1, 0.15) is 5.82 Å². The van der Waals surface area contributed by atoms with Gasteiger partial charge in [0.25, 0.3) is 5.89 Å². The largest absolute Gasteiger partial charge is 0.481 e. The lowest BCUT2D eigenvalue weighted by Gasteiger charge is -1.99. The van der Waals surface area contributed by atoms with E-state index in [1.54, 1.807) is 0 Å². The van der Waals surface area contributed by atoms with Crippen molar-refractivity contribution in [2.75, 3.05) is 0 Å². The van der Waals surface area contributed by atoms with Crippen molar-refractivity contribution >= 4 is 17.6 Å². The van der Waals surface area contributed by atoms with Crippen molar-refractivity contribution in [2.24, 2.45) is 0 Å². The summed E-state index contributed by atoms with van der Waals surface area (Å²) >= 11 is 5.84. The van der Waals surface area contributed by atoms with E-state index < -0.39 is 11.8 Å². The lowest BCUT2D eigenvalue weighted by atomic mass is 10.2. The molecule has 0 saturated carbocycles. The van der Waals surface area contributed by atoms with Crippen LogP contribution < -0.4 is 0 Å². The van der Waals surface area contributed by atoms with Crippen LogP contribution in [0.25, 0.3) is 11.5 Å². The molecule has 0 fully saturated rings. The van der Waals surface area contributed by atoms with Crippen LogP contribution in [0.2, 0.25) is 5.02 Å². The Balaban J connectivity index is 2.27. The van der Waals surface area contributed by atoms with Gasteiger partial charge in [0.15, 0.2) is 0 Å². The van der Waals surface area contributed by atoms with Gasteiger partial charge in [-0.3, -0.25) is 4.79 Å². The van der Waals surface area contributed by atoms with Crippen LogP contribution in [0.15, 0.2) is 22.6 Å². The van der Waals surface area contributed by atoms with E-state index in [1.807, 2.05) is 0 Å². The fraction of sp³-hybridized carbons (Fsp3) is 0.182. The van der Waals surface area contributed by atoms with E-state index in [-0.39, 0.29) is 35.2 Å². The fourth-order valence-corrected chi connectivity index (χ4v) is 1.62. The summed E-state index contributed by atoms with van der Waals surface area (Å²) in [5.41, 5.74) is 0.0215. The van der Waals surface area contributed by atoms with Gasteiger partial charge in [-0.2, -0.15) is 0 Å². The molecule has 5 nitrogen and oxygen atoms in total. The molecule has 0 unspecified atom stereocenters.